The van der Waals surface area contributed by atoms with E-state index in [1.54, 1.807) is 6.92 Å². The number of hydrogen-bond acceptors (Lipinski definition) is 7. The number of nitro benzene ring substituents is 1. The fraction of sp³-hybridized carbons (Fsp3) is 0.118. The number of carboxylic acid groups (broad SMARTS) is 1. The summed E-state index contributed by atoms with van der Waals surface area (Å²) in [5, 5.41) is 27.0. The number of nitrogens with one attached hydrogen (secondary N) is 2. The van der Waals surface area contributed by atoms with Crippen LogP contribution in [0.2, 0.25) is 5.02 Å². The second-order valence-corrected chi connectivity index (χ2v) is 6.08. The highest BCUT2D eigenvalue weighted by molar-refractivity contribution is 7.80. The molecule has 11 heteroatoms. The summed E-state index contributed by atoms with van der Waals surface area (Å²) in [5.41, 5.74) is -0.374. The van der Waals surface area contributed by atoms with Gasteiger partial charge in [0, 0.05) is 11.6 Å². The number of rotatable bonds is 6. The van der Waals surface area contributed by atoms with Gasteiger partial charge in [0.15, 0.2) is 10.9 Å². The molecule has 0 saturated carbocycles. The van der Waals surface area contributed by atoms with Gasteiger partial charge in [-0.2, -0.15) is 0 Å². The van der Waals surface area contributed by atoms with E-state index in [0.717, 1.165) is 6.07 Å². The number of aromatic carboxylic acids is 1. The molecule has 0 aliphatic rings. The van der Waals surface area contributed by atoms with Gasteiger partial charge in [-0.15, -0.1) is 0 Å². The van der Waals surface area contributed by atoms with Gasteiger partial charge in [0.25, 0.3) is 5.91 Å². The van der Waals surface area contributed by atoms with E-state index in [1.807, 2.05) is 0 Å². The Morgan fingerprint density at radius 1 is 1.21 bits per heavy atom. The van der Waals surface area contributed by atoms with Crippen LogP contribution in [0.15, 0.2) is 36.4 Å². The summed E-state index contributed by atoms with van der Waals surface area (Å²) in [6.07, 6.45) is 0. The summed E-state index contributed by atoms with van der Waals surface area (Å²) in [6, 6.07) is 7.50. The molecular formula is C17H13ClN3O6S-. The predicted octanol–water partition coefficient (Wildman–Crippen LogP) is 2.14. The van der Waals surface area contributed by atoms with E-state index in [2.05, 4.69) is 10.6 Å². The fourth-order valence-electron chi connectivity index (χ4n) is 2.16. The van der Waals surface area contributed by atoms with Crippen molar-refractivity contribution in [2.24, 2.45) is 0 Å². The normalized spacial score (nSPS) is 10.1. The molecule has 0 saturated heterocycles. The van der Waals surface area contributed by atoms with E-state index in [4.69, 9.17) is 28.6 Å². The molecule has 0 aromatic heterocycles. The van der Waals surface area contributed by atoms with Gasteiger partial charge in [-0.1, -0.05) is 17.7 Å². The number of hydrogen-bond donors (Lipinski definition) is 2. The van der Waals surface area contributed by atoms with Crippen LogP contribution in [0.4, 0.5) is 11.4 Å². The van der Waals surface area contributed by atoms with E-state index < -0.39 is 16.8 Å². The van der Waals surface area contributed by atoms with Crippen LogP contribution in [0.5, 0.6) is 5.75 Å². The number of ether oxygens (including phenoxy) is 1. The SMILES string of the molecule is CCOc1ccc(C(=O)NC(=S)Nc2cc(C(=O)[O-])ccc2Cl)cc1[N+](=O)[O-]. The molecule has 0 atom stereocenters. The topological polar surface area (TPSA) is 134 Å². The second kappa shape index (κ2) is 9.11. The molecule has 9 nitrogen and oxygen atoms in total. The lowest BCUT2D eigenvalue weighted by Gasteiger charge is -2.13. The molecule has 2 N–H and O–H groups in total. The maximum atomic E-state index is 12.3. The molecule has 2 aromatic rings. The van der Waals surface area contributed by atoms with Crippen molar-refractivity contribution in [1.82, 2.24) is 5.32 Å². The lowest BCUT2D eigenvalue weighted by atomic mass is 10.1. The van der Waals surface area contributed by atoms with Gasteiger partial charge in [0.1, 0.15) is 0 Å². The number of benzene rings is 2. The van der Waals surface area contributed by atoms with E-state index >= 15 is 0 Å². The minimum absolute atomic E-state index is 0.0195. The van der Waals surface area contributed by atoms with Crippen LogP contribution in [0, 0.1) is 10.1 Å². The first-order valence-corrected chi connectivity index (χ1v) is 8.56. The van der Waals surface area contributed by atoms with Crippen LogP contribution in [-0.2, 0) is 0 Å². The molecule has 0 spiro atoms. The molecule has 0 bridgehead atoms. The largest absolute Gasteiger partial charge is 0.545 e. The fourth-order valence-corrected chi connectivity index (χ4v) is 2.52. The van der Waals surface area contributed by atoms with Gasteiger partial charge in [0.2, 0.25) is 0 Å². The molecule has 0 unspecified atom stereocenters. The van der Waals surface area contributed by atoms with Crippen molar-refractivity contribution >= 4 is 52.2 Å². The smallest absolute Gasteiger partial charge is 0.311 e. The summed E-state index contributed by atoms with van der Waals surface area (Å²) < 4.78 is 5.16. The van der Waals surface area contributed by atoms with E-state index in [9.17, 15) is 24.8 Å². The third-order valence-electron chi connectivity index (χ3n) is 3.39. The first-order valence-electron chi connectivity index (χ1n) is 7.77. The highest BCUT2D eigenvalue weighted by Gasteiger charge is 2.19. The average Bonchev–Trinajstić information content (AvgIpc) is 2.63. The van der Waals surface area contributed by atoms with Crippen LogP contribution in [0.3, 0.4) is 0 Å². The van der Waals surface area contributed by atoms with E-state index in [-0.39, 0.29) is 45.0 Å². The maximum Gasteiger partial charge on any atom is 0.311 e. The first-order chi connectivity index (χ1) is 13.2. The number of carboxylic acids is 1. The molecule has 2 rings (SSSR count). The highest BCUT2D eigenvalue weighted by Crippen LogP contribution is 2.28. The van der Waals surface area contributed by atoms with Crippen molar-refractivity contribution < 1.29 is 24.4 Å². The third kappa shape index (κ3) is 5.15. The Bertz CT molecular complexity index is 966. The zero-order chi connectivity index (χ0) is 20.8. The Morgan fingerprint density at radius 2 is 1.89 bits per heavy atom. The Labute approximate surface area is 169 Å². The number of anilines is 1. The predicted molar refractivity (Wildman–Crippen MR) is 104 cm³/mol. The van der Waals surface area contributed by atoms with Crippen molar-refractivity contribution in [3.05, 3.63) is 62.7 Å². The minimum atomic E-state index is -1.41. The Hall–Kier alpha value is -3.24. The van der Waals surface area contributed by atoms with Gasteiger partial charge < -0.3 is 20.0 Å². The van der Waals surface area contributed by atoms with Crippen LogP contribution < -0.4 is 20.5 Å². The Balaban J connectivity index is 2.16. The number of nitro groups is 1. The standard InChI is InChI=1S/C17H14ClN3O6S/c1-2-27-14-6-4-9(8-13(14)21(25)26)15(22)20-17(28)19-12-7-10(16(23)24)3-5-11(12)18/h3-8H,2H2,1H3,(H,23,24)(H2,19,20,22,28)/p-1. The molecule has 2 aromatic carbocycles. The summed E-state index contributed by atoms with van der Waals surface area (Å²) in [5.74, 6) is -2.08. The first kappa shape index (κ1) is 21.1. The monoisotopic (exact) mass is 422 g/mol. The van der Waals surface area contributed by atoms with Crippen LogP contribution in [0.25, 0.3) is 0 Å². The van der Waals surface area contributed by atoms with Crippen molar-refractivity contribution in [3.8, 4) is 5.75 Å². The van der Waals surface area contributed by atoms with Crippen LogP contribution in [0.1, 0.15) is 27.6 Å². The third-order valence-corrected chi connectivity index (χ3v) is 3.93. The maximum absolute atomic E-state index is 12.3. The number of halogens is 1. The summed E-state index contributed by atoms with van der Waals surface area (Å²) in [4.78, 5) is 33.7. The molecule has 0 fully saturated rings. The van der Waals surface area contributed by atoms with E-state index in [1.165, 1.54) is 30.3 Å². The van der Waals surface area contributed by atoms with Crippen molar-refractivity contribution in [2.45, 2.75) is 6.92 Å². The lowest BCUT2D eigenvalue weighted by molar-refractivity contribution is -0.385. The second-order valence-electron chi connectivity index (χ2n) is 5.26. The van der Waals surface area contributed by atoms with E-state index in [0.29, 0.717) is 0 Å². The summed E-state index contributed by atoms with van der Waals surface area (Å²) in [7, 11) is 0. The molecule has 0 aliphatic heterocycles. The number of thiocarbonyl (C=S) groups is 1. The number of nitrogens with zero attached hydrogens (tertiary/aromatic N) is 1. The molecule has 0 radical (unpaired) electrons. The molecule has 0 aliphatic carbocycles. The zero-order valence-corrected chi connectivity index (χ0v) is 15.9. The zero-order valence-electron chi connectivity index (χ0n) is 14.4. The Morgan fingerprint density at radius 3 is 2.50 bits per heavy atom. The molecule has 0 heterocycles. The minimum Gasteiger partial charge on any atom is -0.545 e. The van der Waals surface area contributed by atoms with Gasteiger partial charge in [0.05, 0.1) is 28.2 Å². The molecule has 146 valence electrons. The molecule has 1 amide bonds. The summed E-state index contributed by atoms with van der Waals surface area (Å²) >= 11 is 11.0. The van der Waals surface area contributed by atoms with Gasteiger partial charge in [-0.25, -0.2) is 0 Å². The molecule has 28 heavy (non-hydrogen) atoms. The Kier molecular flexibility index (Phi) is 6.85. The number of amides is 1. The van der Waals surface area contributed by atoms with Gasteiger partial charge in [-0.3, -0.25) is 20.2 Å². The highest BCUT2D eigenvalue weighted by atomic mass is 35.5. The van der Waals surface area contributed by atoms with Crippen molar-refractivity contribution in [1.29, 1.82) is 0 Å². The number of carbonyl (C=O) groups excluding carboxylic acids is 2. The number of carbonyl (C=O) groups is 2. The summed E-state index contributed by atoms with van der Waals surface area (Å²) in [6.45, 7) is 1.90. The van der Waals surface area contributed by atoms with Crippen molar-refractivity contribution in [2.75, 3.05) is 11.9 Å². The van der Waals surface area contributed by atoms with Gasteiger partial charge >= 0.3 is 5.69 Å². The lowest BCUT2D eigenvalue weighted by Crippen LogP contribution is -2.34. The van der Waals surface area contributed by atoms with Crippen LogP contribution >= 0.6 is 23.8 Å². The van der Waals surface area contributed by atoms with Gasteiger partial charge in [-0.05, 0) is 49.0 Å². The molecular weight excluding hydrogens is 410 g/mol. The van der Waals surface area contributed by atoms with Crippen molar-refractivity contribution in [3.63, 3.8) is 0 Å². The van der Waals surface area contributed by atoms with Crippen LogP contribution in [-0.4, -0.2) is 28.5 Å². The quantitative estimate of drug-likeness (QED) is 0.411. The average molecular weight is 423 g/mol.